The van der Waals surface area contributed by atoms with Gasteiger partial charge in [-0.2, -0.15) is 0 Å². The number of carbonyl (C=O) groups is 2. The third kappa shape index (κ3) is 9.75. The molecule has 0 spiro atoms. The van der Waals surface area contributed by atoms with Gasteiger partial charge in [-0.25, -0.2) is 0 Å². The van der Waals surface area contributed by atoms with Crippen molar-refractivity contribution in [3.05, 3.63) is 0 Å². The molecule has 0 unspecified atom stereocenters. The van der Waals surface area contributed by atoms with Gasteiger partial charge >= 0.3 is 0 Å². The van der Waals surface area contributed by atoms with E-state index in [2.05, 4.69) is 10.6 Å². The quantitative estimate of drug-likeness (QED) is 0.507. The predicted molar refractivity (Wildman–Crippen MR) is 79.2 cm³/mol. The molecular formula is C14H29N3O3. The molecule has 20 heavy (non-hydrogen) atoms. The fraction of sp³-hybridized carbons (Fsp3) is 0.857. The molecule has 0 aromatic heterocycles. The van der Waals surface area contributed by atoms with Gasteiger partial charge in [-0.3, -0.25) is 9.59 Å². The fourth-order valence-corrected chi connectivity index (χ4v) is 1.42. The number of rotatable bonds is 10. The van der Waals surface area contributed by atoms with Crippen LogP contribution in [0, 0.1) is 5.92 Å². The van der Waals surface area contributed by atoms with Crippen molar-refractivity contribution in [3.8, 4) is 0 Å². The van der Waals surface area contributed by atoms with Gasteiger partial charge in [0.05, 0.1) is 18.7 Å². The molecule has 1 atom stereocenters. The Balaban J connectivity index is 3.57. The summed E-state index contributed by atoms with van der Waals surface area (Å²) in [5, 5.41) is 5.27. The Kier molecular flexibility index (Phi) is 10.0. The number of nitrogens with one attached hydrogen (secondary N) is 2. The van der Waals surface area contributed by atoms with E-state index in [1.807, 2.05) is 27.7 Å². The second-order valence-electron chi connectivity index (χ2n) is 5.46. The molecule has 0 aromatic carbocycles. The van der Waals surface area contributed by atoms with Crippen molar-refractivity contribution in [1.82, 2.24) is 10.6 Å². The minimum atomic E-state index is -0.573. The zero-order valence-corrected chi connectivity index (χ0v) is 13.1. The summed E-state index contributed by atoms with van der Waals surface area (Å²) in [5.41, 5.74) is 5.67. The Labute approximate surface area is 121 Å². The van der Waals surface area contributed by atoms with Crippen molar-refractivity contribution in [2.75, 3.05) is 19.7 Å². The zero-order chi connectivity index (χ0) is 15.5. The topological polar surface area (TPSA) is 93.5 Å². The van der Waals surface area contributed by atoms with Crippen molar-refractivity contribution in [3.63, 3.8) is 0 Å². The minimum Gasteiger partial charge on any atom is -0.379 e. The highest BCUT2D eigenvalue weighted by Gasteiger charge is 2.17. The van der Waals surface area contributed by atoms with Crippen LogP contribution in [0.4, 0.5) is 0 Å². The molecule has 2 amide bonds. The van der Waals surface area contributed by atoms with Gasteiger partial charge in [0.2, 0.25) is 11.8 Å². The number of hydrogen-bond acceptors (Lipinski definition) is 4. The summed E-state index contributed by atoms with van der Waals surface area (Å²) in [6.45, 7) is 8.98. The fourth-order valence-electron chi connectivity index (χ4n) is 1.42. The van der Waals surface area contributed by atoms with Gasteiger partial charge < -0.3 is 21.1 Å². The molecule has 0 saturated carbocycles. The third-order valence-corrected chi connectivity index (χ3v) is 2.79. The average Bonchev–Trinajstić information content (AvgIpc) is 2.38. The Bertz CT molecular complexity index is 293. The Hall–Kier alpha value is -1.14. The van der Waals surface area contributed by atoms with Crippen molar-refractivity contribution in [2.24, 2.45) is 11.7 Å². The summed E-state index contributed by atoms with van der Waals surface area (Å²) < 4.78 is 5.39. The predicted octanol–water partition coefficient (Wildman–Crippen LogP) is 0.407. The maximum Gasteiger partial charge on any atom is 0.239 e. The second-order valence-corrected chi connectivity index (χ2v) is 5.46. The van der Waals surface area contributed by atoms with E-state index in [9.17, 15) is 9.59 Å². The SMILES string of the molecule is CC(C)OCCCCNC(=O)CNC(=O)[C@@H](N)C(C)C. The monoisotopic (exact) mass is 287 g/mol. The van der Waals surface area contributed by atoms with Gasteiger partial charge in [-0.05, 0) is 32.6 Å². The van der Waals surface area contributed by atoms with Crippen LogP contribution in [0.1, 0.15) is 40.5 Å². The van der Waals surface area contributed by atoms with Gasteiger partial charge in [0.1, 0.15) is 0 Å². The molecule has 118 valence electrons. The van der Waals surface area contributed by atoms with Crippen LogP contribution < -0.4 is 16.4 Å². The Morgan fingerprint density at radius 1 is 1.10 bits per heavy atom. The van der Waals surface area contributed by atoms with Gasteiger partial charge in [-0.1, -0.05) is 13.8 Å². The van der Waals surface area contributed by atoms with Gasteiger partial charge in [0.15, 0.2) is 0 Å². The van der Waals surface area contributed by atoms with Crippen LogP contribution in [0.25, 0.3) is 0 Å². The standard InChI is InChI=1S/C14H29N3O3/c1-10(2)13(15)14(19)17-9-12(18)16-7-5-6-8-20-11(3)4/h10-11,13H,5-9,15H2,1-4H3,(H,16,18)(H,17,19)/t13-/m0/s1. The lowest BCUT2D eigenvalue weighted by molar-refractivity contribution is -0.127. The van der Waals surface area contributed by atoms with Crippen LogP contribution in [0.3, 0.4) is 0 Å². The molecule has 0 bridgehead atoms. The number of amides is 2. The molecule has 0 saturated heterocycles. The molecule has 0 aromatic rings. The molecule has 4 N–H and O–H groups in total. The minimum absolute atomic E-state index is 0.0260. The summed E-state index contributed by atoms with van der Waals surface area (Å²) in [4.78, 5) is 23.0. The van der Waals surface area contributed by atoms with Crippen molar-refractivity contribution < 1.29 is 14.3 Å². The van der Waals surface area contributed by atoms with Crippen LogP contribution in [0.2, 0.25) is 0 Å². The summed E-state index contributed by atoms with van der Waals surface area (Å²) in [5.74, 6) is -0.432. The summed E-state index contributed by atoms with van der Waals surface area (Å²) >= 11 is 0. The van der Waals surface area contributed by atoms with E-state index in [4.69, 9.17) is 10.5 Å². The van der Waals surface area contributed by atoms with Crippen LogP contribution >= 0.6 is 0 Å². The second kappa shape index (κ2) is 10.6. The van der Waals surface area contributed by atoms with Crippen LogP contribution in [0.5, 0.6) is 0 Å². The van der Waals surface area contributed by atoms with Crippen molar-refractivity contribution >= 4 is 11.8 Å². The molecule has 0 rings (SSSR count). The molecular weight excluding hydrogens is 258 g/mol. The van der Waals surface area contributed by atoms with E-state index in [0.717, 1.165) is 12.8 Å². The zero-order valence-electron chi connectivity index (χ0n) is 13.1. The van der Waals surface area contributed by atoms with Crippen molar-refractivity contribution in [1.29, 1.82) is 0 Å². The van der Waals surface area contributed by atoms with Gasteiger partial charge in [0, 0.05) is 13.2 Å². The van der Waals surface area contributed by atoms with Gasteiger partial charge in [0.25, 0.3) is 0 Å². The maximum atomic E-state index is 11.5. The lowest BCUT2D eigenvalue weighted by Crippen LogP contribution is -2.47. The number of unbranched alkanes of at least 4 members (excludes halogenated alkanes) is 1. The third-order valence-electron chi connectivity index (χ3n) is 2.79. The highest BCUT2D eigenvalue weighted by molar-refractivity contribution is 5.87. The summed E-state index contributed by atoms with van der Waals surface area (Å²) in [7, 11) is 0. The molecule has 6 nitrogen and oxygen atoms in total. The molecule has 0 aliphatic rings. The van der Waals surface area contributed by atoms with Crippen LogP contribution in [-0.2, 0) is 14.3 Å². The largest absolute Gasteiger partial charge is 0.379 e. The highest BCUT2D eigenvalue weighted by Crippen LogP contribution is 1.97. The average molecular weight is 287 g/mol. The Morgan fingerprint density at radius 3 is 2.30 bits per heavy atom. The van der Waals surface area contributed by atoms with Crippen LogP contribution in [0.15, 0.2) is 0 Å². The lowest BCUT2D eigenvalue weighted by atomic mass is 10.1. The van der Waals surface area contributed by atoms with E-state index in [0.29, 0.717) is 13.2 Å². The van der Waals surface area contributed by atoms with E-state index < -0.39 is 6.04 Å². The molecule has 6 heteroatoms. The number of hydrogen-bond donors (Lipinski definition) is 3. The molecule has 0 aliphatic carbocycles. The Morgan fingerprint density at radius 2 is 1.75 bits per heavy atom. The maximum absolute atomic E-state index is 11.5. The number of nitrogens with two attached hydrogens (primary N) is 1. The van der Waals surface area contributed by atoms with E-state index in [1.54, 1.807) is 0 Å². The van der Waals surface area contributed by atoms with Crippen LogP contribution in [-0.4, -0.2) is 43.7 Å². The smallest absolute Gasteiger partial charge is 0.239 e. The normalized spacial score (nSPS) is 12.6. The first-order valence-electron chi connectivity index (χ1n) is 7.26. The number of ether oxygens (including phenoxy) is 1. The molecule has 0 fully saturated rings. The molecule has 0 aliphatic heterocycles. The molecule has 0 radical (unpaired) electrons. The van der Waals surface area contributed by atoms with E-state index in [1.165, 1.54) is 0 Å². The highest BCUT2D eigenvalue weighted by atomic mass is 16.5. The van der Waals surface area contributed by atoms with Gasteiger partial charge in [-0.15, -0.1) is 0 Å². The van der Waals surface area contributed by atoms with E-state index in [-0.39, 0.29) is 30.4 Å². The first-order chi connectivity index (χ1) is 9.34. The molecule has 0 heterocycles. The lowest BCUT2D eigenvalue weighted by Gasteiger charge is -2.15. The van der Waals surface area contributed by atoms with E-state index >= 15 is 0 Å². The first-order valence-corrected chi connectivity index (χ1v) is 7.26. The number of carbonyl (C=O) groups excluding carboxylic acids is 2. The van der Waals surface area contributed by atoms with Crippen molar-refractivity contribution in [2.45, 2.75) is 52.7 Å². The summed E-state index contributed by atoms with van der Waals surface area (Å²) in [6.07, 6.45) is 2.01. The summed E-state index contributed by atoms with van der Waals surface area (Å²) in [6, 6.07) is -0.573. The first kappa shape index (κ1) is 18.9.